The highest BCUT2D eigenvalue weighted by molar-refractivity contribution is 9.10. The molecule has 0 aliphatic heterocycles. The van der Waals surface area contributed by atoms with Gasteiger partial charge in [0.25, 0.3) is 0 Å². The Bertz CT molecular complexity index is 661. The second kappa shape index (κ2) is 6.25. The summed E-state index contributed by atoms with van der Waals surface area (Å²) in [7, 11) is 0. The molecule has 0 amide bonds. The molecular formula is C14H10BrClF3NO. The Morgan fingerprint density at radius 2 is 1.81 bits per heavy atom. The van der Waals surface area contributed by atoms with Crippen molar-refractivity contribution in [3.05, 3.63) is 57.0 Å². The largest absolute Gasteiger partial charge is 0.455 e. The average Bonchev–Trinajstić information content (AvgIpc) is 2.42. The molecule has 21 heavy (non-hydrogen) atoms. The number of hydrogen-bond donors (Lipinski definition) is 1. The Balaban J connectivity index is 2.38. The first kappa shape index (κ1) is 16.1. The molecule has 0 radical (unpaired) electrons. The first-order valence-electron chi connectivity index (χ1n) is 5.84. The van der Waals surface area contributed by atoms with Crippen LogP contribution in [0.25, 0.3) is 0 Å². The second-order valence-corrected chi connectivity index (χ2v) is 5.52. The molecule has 0 aliphatic carbocycles. The van der Waals surface area contributed by atoms with E-state index in [2.05, 4.69) is 15.9 Å². The van der Waals surface area contributed by atoms with Crippen LogP contribution in [0.2, 0.25) is 5.02 Å². The number of nitrogens with two attached hydrogens (primary N) is 1. The molecule has 2 N–H and O–H groups in total. The Labute approximate surface area is 132 Å². The van der Waals surface area contributed by atoms with E-state index < -0.39 is 11.7 Å². The number of alkyl halides is 3. The van der Waals surface area contributed by atoms with Crippen molar-refractivity contribution in [1.29, 1.82) is 0 Å². The molecule has 0 saturated heterocycles. The molecule has 0 bridgehead atoms. The van der Waals surface area contributed by atoms with Crippen LogP contribution < -0.4 is 10.5 Å². The fourth-order valence-electron chi connectivity index (χ4n) is 1.69. The van der Waals surface area contributed by atoms with Crippen molar-refractivity contribution in [2.45, 2.75) is 12.7 Å². The van der Waals surface area contributed by atoms with Gasteiger partial charge >= 0.3 is 6.18 Å². The zero-order chi connectivity index (χ0) is 15.6. The maximum Gasteiger partial charge on any atom is 0.416 e. The van der Waals surface area contributed by atoms with Crippen LogP contribution in [0.5, 0.6) is 11.5 Å². The maximum absolute atomic E-state index is 12.7. The summed E-state index contributed by atoms with van der Waals surface area (Å²) in [5, 5.41) is 0.348. The molecule has 2 rings (SSSR count). The SMILES string of the molecule is NCc1cc(C(F)(F)F)ccc1Oc1cc(Br)ccc1Cl. The van der Waals surface area contributed by atoms with E-state index in [1.807, 2.05) is 0 Å². The van der Waals surface area contributed by atoms with Gasteiger partial charge in [-0.1, -0.05) is 27.5 Å². The smallest absolute Gasteiger partial charge is 0.416 e. The Hall–Kier alpha value is -1.24. The average molecular weight is 381 g/mol. The summed E-state index contributed by atoms with van der Waals surface area (Å²) in [5.74, 6) is 0.575. The predicted molar refractivity (Wildman–Crippen MR) is 78.6 cm³/mol. The lowest BCUT2D eigenvalue weighted by Crippen LogP contribution is -2.08. The molecule has 0 saturated carbocycles. The molecule has 0 aromatic heterocycles. The zero-order valence-corrected chi connectivity index (χ0v) is 12.9. The Kier molecular flexibility index (Phi) is 4.81. The third-order valence-electron chi connectivity index (χ3n) is 2.72. The van der Waals surface area contributed by atoms with E-state index in [1.54, 1.807) is 18.2 Å². The monoisotopic (exact) mass is 379 g/mol. The fourth-order valence-corrected chi connectivity index (χ4v) is 2.18. The van der Waals surface area contributed by atoms with Crippen LogP contribution in [-0.2, 0) is 12.7 Å². The molecule has 112 valence electrons. The van der Waals surface area contributed by atoms with Crippen molar-refractivity contribution < 1.29 is 17.9 Å². The van der Waals surface area contributed by atoms with E-state index in [9.17, 15) is 13.2 Å². The van der Waals surface area contributed by atoms with Crippen molar-refractivity contribution in [2.24, 2.45) is 5.73 Å². The third kappa shape index (κ3) is 3.90. The van der Waals surface area contributed by atoms with Crippen molar-refractivity contribution in [3.63, 3.8) is 0 Å². The molecule has 0 atom stereocenters. The molecule has 0 unspecified atom stereocenters. The highest BCUT2D eigenvalue weighted by Gasteiger charge is 2.31. The van der Waals surface area contributed by atoms with Gasteiger partial charge in [-0.15, -0.1) is 0 Å². The van der Waals surface area contributed by atoms with Gasteiger partial charge < -0.3 is 10.5 Å². The van der Waals surface area contributed by atoms with Crippen molar-refractivity contribution in [1.82, 2.24) is 0 Å². The van der Waals surface area contributed by atoms with E-state index in [0.29, 0.717) is 10.8 Å². The van der Waals surface area contributed by atoms with Gasteiger partial charge in [0.05, 0.1) is 10.6 Å². The minimum absolute atomic E-state index is 0.0785. The van der Waals surface area contributed by atoms with E-state index in [4.69, 9.17) is 22.1 Å². The molecule has 0 spiro atoms. The minimum Gasteiger partial charge on any atom is -0.455 e. The number of benzene rings is 2. The van der Waals surface area contributed by atoms with Gasteiger partial charge in [-0.2, -0.15) is 13.2 Å². The van der Waals surface area contributed by atoms with Gasteiger partial charge in [-0.3, -0.25) is 0 Å². The van der Waals surface area contributed by atoms with Crippen molar-refractivity contribution in [2.75, 3.05) is 0 Å². The molecular weight excluding hydrogens is 371 g/mol. The van der Waals surface area contributed by atoms with Gasteiger partial charge in [0.2, 0.25) is 0 Å². The Morgan fingerprint density at radius 3 is 2.43 bits per heavy atom. The summed E-state index contributed by atoms with van der Waals surface area (Å²) in [4.78, 5) is 0. The van der Waals surface area contributed by atoms with E-state index >= 15 is 0 Å². The van der Waals surface area contributed by atoms with E-state index in [1.165, 1.54) is 6.07 Å². The second-order valence-electron chi connectivity index (χ2n) is 4.20. The topological polar surface area (TPSA) is 35.2 Å². The first-order valence-corrected chi connectivity index (χ1v) is 7.01. The molecule has 2 aromatic carbocycles. The predicted octanol–water partition coefficient (Wildman–Crippen LogP) is 5.37. The first-order chi connectivity index (χ1) is 9.81. The van der Waals surface area contributed by atoms with Gasteiger partial charge in [0, 0.05) is 16.6 Å². The Morgan fingerprint density at radius 1 is 1.10 bits per heavy atom. The van der Waals surface area contributed by atoms with E-state index in [0.717, 1.165) is 16.6 Å². The minimum atomic E-state index is -4.42. The van der Waals surface area contributed by atoms with Crippen LogP contribution in [0, 0.1) is 0 Å². The lowest BCUT2D eigenvalue weighted by molar-refractivity contribution is -0.137. The number of ether oxygens (including phenoxy) is 1. The van der Waals surface area contributed by atoms with Gasteiger partial charge in [0.15, 0.2) is 0 Å². The fraction of sp³-hybridized carbons (Fsp3) is 0.143. The molecule has 7 heteroatoms. The van der Waals surface area contributed by atoms with Crippen molar-refractivity contribution >= 4 is 27.5 Å². The van der Waals surface area contributed by atoms with Crippen LogP contribution in [0.4, 0.5) is 13.2 Å². The van der Waals surface area contributed by atoms with Crippen LogP contribution in [0.1, 0.15) is 11.1 Å². The number of rotatable bonds is 3. The number of halogens is 5. The molecule has 2 aromatic rings. The summed E-state index contributed by atoms with van der Waals surface area (Å²) >= 11 is 9.26. The maximum atomic E-state index is 12.7. The van der Waals surface area contributed by atoms with Crippen LogP contribution in [0.15, 0.2) is 40.9 Å². The summed E-state index contributed by atoms with van der Waals surface area (Å²) < 4.78 is 44.3. The summed E-state index contributed by atoms with van der Waals surface area (Å²) in [6.45, 7) is -0.0785. The van der Waals surface area contributed by atoms with Gasteiger partial charge in [-0.05, 0) is 36.4 Å². The quantitative estimate of drug-likeness (QED) is 0.777. The van der Waals surface area contributed by atoms with Crippen LogP contribution >= 0.6 is 27.5 Å². The highest BCUT2D eigenvalue weighted by atomic mass is 79.9. The van der Waals surface area contributed by atoms with Gasteiger partial charge in [-0.25, -0.2) is 0 Å². The zero-order valence-electron chi connectivity index (χ0n) is 10.5. The lowest BCUT2D eigenvalue weighted by Gasteiger charge is -2.14. The van der Waals surface area contributed by atoms with Crippen LogP contribution in [0.3, 0.4) is 0 Å². The molecule has 0 aliphatic rings. The highest BCUT2D eigenvalue weighted by Crippen LogP contribution is 2.36. The third-order valence-corrected chi connectivity index (χ3v) is 3.53. The number of hydrogen-bond acceptors (Lipinski definition) is 2. The van der Waals surface area contributed by atoms with Crippen molar-refractivity contribution in [3.8, 4) is 11.5 Å². The standard InChI is InChI=1S/C14H10BrClF3NO/c15-10-2-3-11(16)13(6-10)21-12-4-1-9(14(17,18)19)5-8(12)7-20/h1-6H,7,20H2. The summed E-state index contributed by atoms with van der Waals surface area (Å²) in [6.07, 6.45) is -4.42. The molecule has 2 nitrogen and oxygen atoms in total. The summed E-state index contributed by atoms with van der Waals surface area (Å²) in [5.41, 5.74) is 4.98. The lowest BCUT2D eigenvalue weighted by atomic mass is 10.1. The van der Waals surface area contributed by atoms with Gasteiger partial charge in [0.1, 0.15) is 11.5 Å². The molecule has 0 fully saturated rings. The normalized spacial score (nSPS) is 11.5. The molecule has 0 heterocycles. The van der Waals surface area contributed by atoms with Crippen LogP contribution in [-0.4, -0.2) is 0 Å². The summed E-state index contributed by atoms with van der Waals surface area (Å²) in [6, 6.07) is 8.13. The van der Waals surface area contributed by atoms with E-state index in [-0.39, 0.29) is 17.9 Å².